The van der Waals surface area contributed by atoms with E-state index < -0.39 is 0 Å². The predicted molar refractivity (Wildman–Crippen MR) is 90.2 cm³/mol. The molecule has 5 nitrogen and oxygen atoms in total. The summed E-state index contributed by atoms with van der Waals surface area (Å²) in [6.07, 6.45) is 3.89. The molecule has 1 aliphatic carbocycles. The fourth-order valence-electron chi connectivity index (χ4n) is 3.13. The van der Waals surface area contributed by atoms with Crippen LogP contribution in [0.25, 0.3) is 5.69 Å². The van der Waals surface area contributed by atoms with E-state index in [0.717, 1.165) is 23.3 Å². The van der Waals surface area contributed by atoms with Crippen molar-refractivity contribution < 1.29 is 0 Å². The summed E-state index contributed by atoms with van der Waals surface area (Å²) < 4.78 is 1.84. The monoisotopic (exact) mass is 317 g/mol. The Bertz CT molecular complexity index is 585. The normalized spacial score (nSPS) is 21.6. The van der Waals surface area contributed by atoms with Crippen molar-refractivity contribution in [1.29, 1.82) is 0 Å². The number of benzene rings is 1. The second-order valence-corrected chi connectivity index (χ2v) is 7.38. The zero-order valence-electron chi connectivity index (χ0n) is 13.2. The SMILES string of the molecule is CCS[C@H]1CC[C@H](N(C)Cc2nnnn2-c2ccccc2)C1. The molecule has 0 unspecified atom stereocenters. The van der Waals surface area contributed by atoms with Crippen LogP contribution in [0.4, 0.5) is 0 Å². The molecule has 1 saturated carbocycles. The van der Waals surface area contributed by atoms with E-state index in [0.29, 0.717) is 6.04 Å². The Balaban J connectivity index is 1.66. The molecular formula is C16H23N5S. The molecule has 0 N–H and O–H groups in total. The Labute approximate surface area is 136 Å². The topological polar surface area (TPSA) is 46.8 Å². The van der Waals surface area contributed by atoms with Gasteiger partial charge in [-0.15, -0.1) is 5.10 Å². The Hall–Kier alpha value is -1.40. The molecule has 1 aliphatic rings. The molecule has 1 fully saturated rings. The molecule has 1 aromatic carbocycles. The number of hydrogen-bond acceptors (Lipinski definition) is 5. The van der Waals surface area contributed by atoms with Gasteiger partial charge in [0.15, 0.2) is 5.82 Å². The summed E-state index contributed by atoms with van der Waals surface area (Å²) >= 11 is 2.10. The minimum atomic E-state index is 0.643. The maximum Gasteiger partial charge on any atom is 0.170 e. The van der Waals surface area contributed by atoms with E-state index in [9.17, 15) is 0 Å². The van der Waals surface area contributed by atoms with Crippen LogP contribution in [0.3, 0.4) is 0 Å². The largest absolute Gasteiger partial charge is 0.296 e. The molecule has 118 valence electrons. The highest BCUT2D eigenvalue weighted by Crippen LogP contribution is 2.32. The van der Waals surface area contributed by atoms with Crippen LogP contribution in [0.5, 0.6) is 0 Å². The van der Waals surface area contributed by atoms with Gasteiger partial charge in [0.1, 0.15) is 0 Å². The van der Waals surface area contributed by atoms with Crippen LogP contribution in [0.15, 0.2) is 30.3 Å². The average Bonchev–Trinajstić information content (AvgIpc) is 3.18. The van der Waals surface area contributed by atoms with Crippen molar-refractivity contribution in [2.75, 3.05) is 12.8 Å². The summed E-state index contributed by atoms with van der Waals surface area (Å²) in [7, 11) is 2.19. The lowest BCUT2D eigenvalue weighted by atomic mass is 10.2. The number of aromatic nitrogens is 4. The zero-order valence-corrected chi connectivity index (χ0v) is 14.0. The van der Waals surface area contributed by atoms with Gasteiger partial charge in [-0.05, 0) is 54.6 Å². The van der Waals surface area contributed by atoms with Crippen LogP contribution in [0.1, 0.15) is 32.0 Å². The van der Waals surface area contributed by atoms with Crippen molar-refractivity contribution in [3.05, 3.63) is 36.2 Å². The van der Waals surface area contributed by atoms with Crippen LogP contribution in [-0.4, -0.2) is 49.2 Å². The van der Waals surface area contributed by atoms with Crippen molar-refractivity contribution in [2.24, 2.45) is 0 Å². The van der Waals surface area contributed by atoms with E-state index in [1.165, 1.54) is 25.0 Å². The van der Waals surface area contributed by atoms with E-state index in [1.807, 2.05) is 35.0 Å². The third-order valence-corrected chi connectivity index (χ3v) is 5.54. The van der Waals surface area contributed by atoms with Crippen LogP contribution in [0.2, 0.25) is 0 Å². The lowest BCUT2D eigenvalue weighted by Gasteiger charge is -2.23. The van der Waals surface area contributed by atoms with Gasteiger partial charge < -0.3 is 0 Å². The fraction of sp³-hybridized carbons (Fsp3) is 0.562. The smallest absolute Gasteiger partial charge is 0.170 e. The van der Waals surface area contributed by atoms with Crippen molar-refractivity contribution in [2.45, 2.75) is 44.0 Å². The van der Waals surface area contributed by atoms with Gasteiger partial charge >= 0.3 is 0 Å². The van der Waals surface area contributed by atoms with Crippen molar-refractivity contribution in [3.8, 4) is 5.69 Å². The maximum absolute atomic E-state index is 4.21. The Morgan fingerprint density at radius 1 is 1.27 bits per heavy atom. The Morgan fingerprint density at radius 3 is 2.86 bits per heavy atom. The summed E-state index contributed by atoms with van der Waals surface area (Å²) in [6, 6.07) is 10.7. The lowest BCUT2D eigenvalue weighted by molar-refractivity contribution is 0.230. The highest BCUT2D eigenvalue weighted by atomic mass is 32.2. The molecule has 0 saturated heterocycles. The summed E-state index contributed by atoms with van der Waals surface area (Å²) in [6.45, 7) is 3.03. The van der Waals surface area contributed by atoms with Gasteiger partial charge in [0.2, 0.25) is 0 Å². The van der Waals surface area contributed by atoms with Crippen LogP contribution < -0.4 is 0 Å². The van der Waals surface area contributed by atoms with Crippen LogP contribution in [-0.2, 0) is 6.54 Å². The molecule has 3 rings (SSSR count). The Kier molecular flexibility index (Phi) is 5.10. The summed E-state index contributed by atoms with van der Waals surface area (Å²) in [5.74, 6) is 2.12. The average molecular weight is 317 g/mol. The van der Waals surface area contributed by atoms with Crippen LogP contribution >= 0.6 is 11.8 Å². The van der Waals surface area contributed by atoms with E-state index in [-0.39, 0.29) is 0 Å². The first-order chi connectivity index (χ1) is 10.8. The number of thioether (sulfide) groups is 1. The van der Waals surface area contributed by atoms with E-state index in [1.54, 1.807) is 0 Å². The summed E-state index contributed by atoms with van der Waals surface area (Å²) in [4.78, 5) is 2.40. The van der Waals surface area contributed by atoms with Gasteiger partial charge in [-0.1, -0.05) is 25.1 Å². The number of hydrogen-bond donors (Lipinski definition) is 0. The first-order valence-corrected chi connectivity index (χ1v) is 8.97. The molecule has 0 bridgehead atoms. The molecule has 6 heteroatoms. The van der Waals surface area contributed by atoms with Crippen molar-refractivity contribution >= 4 is 11.8 Å². The molecule has 0 amide bonds. The lowest BCUT2D eigenvalue weighted by Crippen LogP contribution is -2.30. The van der Waals surface area contributed by atoms with E-state index in [2.05, 4.69) is 46.2 Å². The maximum atomic E-state index is 4.21. The first-order valence-electron chi connectivity index (χ1n) is 7.92. The number of tetrazole rings is 1. The number of rotatable bonds is 6. The fourth-order valence-corrected chi connectivity index (χ4v) is 4.26. The molecule has 0 spiro atoms. The highest BCUT2D eigenvalue weighted by Gasteiger charge is 2.28. The molecule has 1 aromatic heterocycles. The minimum absolute atomic E-state index is 0.643. The molecule has 0 aliphatic heterocycles. The molecule has 22 heavy (non-hydrogen) atoms. The second-order valence-electron chi connectivity index (χ2n) is 5.80. The van der Waals surface area contributed by atoms with Gasteiger partial charge in [0.25, 0.3) is 0 Å². The predicted octanol–water partition coefficient (Wildman–Crippen LogP) is 2.77. The van der Waals surface area contributed by atoms with Crippen molar-refractivity contribution in [1.82, 2.24) is 25.1 Å². The second kappa shape index (κ2) is 7.24. The number of para-hydroxylation sites is 1. The molecular weight excluding hydrogens is 294 g/mol. The molecule has 1 heterocycles. The third-order valence-electron chi connectivity index (χ3n) is 4.31. The summed E-state index contributed by atoms with van der Waals surface area (Å²) in [5.41, 5.74) is 1.02. The minimum Gasteiger partial charge on any atom is -0.296 e. The number of nitrogens with zero attached hydrogens (tertiary/aromatic N) is 5. The molecule has 2 atom stereocenters. The molecule has 2 aromatic rings. The van der Waals surface area contributed by atoms with Crippen LogP contribution in [0, 0.1) is 0 Å². The van der Waals surface area contributed by atoms with Crippen molar-refractivity contribution in [3.63, 3.8) is 0 Å². The molecule has 0 radical (unpaired) electrons. The zero-order chi connectivity index (χ0) is 15.4. The standard InChI is InChI=1S/C16H23N5S/c1-3-22-15-10-9-14(11-15)20(2)12-16-17-18-19-21(16)13-7-5-4-6-8-13/h4-8,14-15H,3,9-12H2,1-2H3/t14-,15-/m0/s1. The quantitative estimate of drug-likeness (QED) is 0.820. The third kappa shape index (κ3) is 3.50. The van der Waals surface area contributed by atoms with Gasteiger partial charge in [0, 0.05) is 11.3 Å². The Morgan fingerprint density at radius 2 is 2.09 bits per heavy atom. The van der Waals surface area contributed by atoms with Gasteiger partial charge in [-0.3, -0.25) is 4.90 Å². The highest BCUT2D eigenvalue weighted by molar-refractivity contribution is 7.99. The van der Waals surface area contributed by atoms with Gasteiger partial charge in [-0.25, -0.2) is 0 Å². The van der Waals surface area contributed by atoms with E-state index in [4.69, 9.17) is 0 Å². The first kappa shape index (κ1) is 15.5. The van der Waals surface area contributed by atoms with Gasteiger partial charge in [0.05, 0.1) is 12.2 Å². The van der Waals surface area contributed by atoms with Gasteiger partial charge in [-0.2, -0.15) is 16.4 Å². The summed E-state index contributed by atoms with van der Waals surface area (Å²) in [5, 5.41) is 13.0. The van der Waals surface area contributed by atoms with E-state index >= 15 is 0 Å².